The summed E-state index contributed by atoms with van der Waals surface area (Å²) in [7, 11) is 0. The van der Waals surface area contributed by atoms with Crippen molar-refractivity contribution in [1.82, 2.24) is 4.90 Å². The van der Waals surface area contributed by atoms with E-state index in [0.717, 1.165) is 44.2 Å². The highest BCUT2D eigenvalue weighted by Crippen LogP contribution is 2.46. The molecule has 0 amide bonds. The number of nitrogens with zero attached hydrogens (tertiary/aromatic N) is 1. The molecule has 1 saturated heterocycles. The summed E-state index contributed by atoms with van der Waals surface area (Å²) in [5, 5.41) is 0. The lowest BCUT2D eigenvalue weighted by atomic mass is 9.82. The first kappa shape index (κ1) is 17.3. The summed E-state index contributed by atoms with van der Waals surface area (Å²) in [6, 6.07) is 27.4. The largest absolute Gasteiger partial charge is 0.492 e. The van der Waals surface area contributed by atoms with Gasteiger partial charge in [0, 0.05) is 30.1 Å². The number of fused-ring (bicyclic) bond motifs is 2. The van der Waals surface area contributed by atoms with Crippen LogP contribution in [-0.4, -0.2) is 24.6 Å². The van der Waals surface area contributed by atoms with Crippen molar-refractivity contribution in [2.45, 2.75) is 25.0 Å². The fraction of sp³-hybridized carbons (Fsp3) is 0.280. The summed E-state index contributed by atoms with van der Waals surface area (Å²) in [4.78, 5) is 2.55. The van der Waals surface area contributed by atoms with Gasteiger partial charge in [-0.3, -0.25) is 4.90 Å². The van der Waals surface area contributed by atoms with Gasteiger partial charge in [-0.05, 0) is 30.2 Å². The quantitative estimate of drug-likeness (QED) is 0.643. The maximum atomic E-state index is 6.12. The minimum Gasteiger partial charge on any atom is -0.492 e. The van der Waals surface area contributed by atoms with Gasteiger partial charge in [0.15, 0.2) is 0 Å². The molecule has 0 radical (unpaired) electrons. The molecule has 3 heteroatoms. The van der Waals surface area contributed by atoms with Crippen molar-refractivity contribution in [2.24, 2.45) is 0 Å². The SMILES string of the molecule is c1ccc(COc2ccc3c(c2)OCC32CCN(Cc3ccccc3)C2)cc1. The Bertz CT molecular complexity index is 941. The minimum absolute atomic E-state index is 0.127. The highest BCUT2D eigenvalue weighted by atomic mass is 16.5. The van der Waals surface area contributed by atoms with Crippen LogP contribution in [0.3, 0.4) is 0 Å². The van der Waals surface area contributed by atoms with Gasteiger partial charge in [-0.2, -0.15) is 0 Å². The van der Waals surface area contributed by atoms with Crippen molar-refractivity contribution in [3.05, 3.63) is 95.6 Å². The van der Waals surface area contributed by atoms with Crippen LogP contribution in [0.2, 0.25) is 0 Å². The van der Waals surface area contributed by atoms with Crippen molar-refractivity contribution < 1.29 is 9.47 Å². The van der Waals surface area contributed by atoms with Gasteiger partial charge >= 0.3 is 0 Å². The molecule has 2 heterocycles. The maximum Gasteiger partial charge on any atom is 0.126 e. The summed E-state index contributed by atoms with van der Waals surface area (Å²) >= 11 is 0. The highest BCUT2D eigenvalue weighted by molar-refractivity contribution is 5.49. The Morgan fingerprint density at radius 3 is 2.43 bits per heavy atom. The van der Waals surface area contributed by atoms with E-state index in [-0.39, 0.29) is 5.41 Å². The van der Waals surface area contributed by atoms with E-state index in [1.54, 1.807) is 0 Å². The Balaban J connectivity index is 1.27. The monoisotopic (exact) mass is 371 g/mol. The fourth-order valence-electron chi connectivity index (χ4n) is 4.46. The van der Waals surface area contributed by atoms with Crippen LogP contribution in [-0.2, 0) is 18.6 Å². The summed E-state index contributed by atoms with van der Waals surface area (Å²) in [5.74, 6) is 1.87. The van der Waals surface area contributed by atoms with E-state index in [1.165, 1.54) is 16.7 Å². The van der Waals surface area contributed by atoms with Crippen molar-refractivity contribution in [3.63, 3.8) is 0 Å². The van der Waals surface area contributed by atoms with Crippen LogP contribution in [0, 0.1) is 0 Å². The predicted molar refractivity (Wildman–Crippen MR) is 111 cm³/mol. The third-order valence-electron chi connectivity index (χ3n) is 5.96. The summed E-state index contributed by atoms with van der Waals surface area (Å²) in [6.07, 6.45) is 1.15. The van der Waals surface area contributed by atoms with Crippen LogP contribution in [0.15, 0.2) is 78.9 Å². The van der Waals surface area contributed by atoms with E-state index in [4.69, 9.17) is 9.47 Å². The first-order valence-corrected chi connectivity index (χ1v) is 10.0. The number of hydrogen-bond donors (Lipinski definition) is 0. The van der Waals surface area contributed by atoms with Crippen LogP contribution < -0.4 is 9.47 Å². The molecule has 2 aliphatic rings. The number of likely N-dealkylation sites (tertiary alicyclic amines) is 1. The fourth-order valence-corrected chi connectivity index (χ4v) is 4.46. The minimum atomic E-state index is 0.127. The van der Waals surface area contributed by atoms with Crippen molar-refractivity contribution in [2.75, 3.05) is 19.7 Å². The van der Waals surface area contributed by atoms with Gasteiger partial charge in [-0.1, -0.05) is 66.7 Å². The number of benzene rings is 3. The third-order valence-corrected chi connectivity index (χ3v) is 5.96. The van der Waals surface area contributed by atoms with Gasteiger partial charge in [-0.25, -0.2) is 0 Å². The third kappa shape index (κ3) is 3.38. The molecule has 142 valence electrons. The summed E-state index contributed by atoms with van der Waals surface area (Å²) in [5.41, 5.74) is 4.02. The smallest absolute Gasteiger partial charge is 0.126 e. The average Bonchev–Trinajstić information content (AvgIpc) is 3.32. The Labute approximate surface area is 166 Å². The molecule has 2 aliphatic heterocycles. The van der Waals surface area contributed by atoms with Crippen molar-refractivity contribution >= 4 is 0 Å². The molecule has 0 aromatic heterocycles. The van der Waals surface area contributed by atoms with E-state index in [0.29, 0.717) is 6.61 Å². The molecule has 0 aliphatic carbocycles. The maximum absolute atomic E-state index is 6.12. The Hall–Kier alpha value is -2.78. The van der Waals surface area contributed by atoms with Gasteiger partial charge in [0.2, 0.25) is 0 Å². The molecular formula is C25H25NO2. The lowest BCUT2D eigenvalue weighted by Crippen LogP contribution is -2.32. The Morgan fingerprint density at radius 2 is 1.64 bits per heavy atom. The van der Waals surface area contributed by atoms with Crippen molar-refractivity contribution in [1.29, 1.82) is 0 Å². The van der Waals surface area contributed by atoms with Gasteiger partial charge in [0.05, 0.1) is 6.61 Å². The average molecular weight is 371 g/mol. The van der Waals surface area contributed by atoms with Gasteiger partial charge in [0.1, 0.15) is 18.1 Å². The molecule has 0 saturated carbocycles. The Kier molecular flexibility index (Phi) is 4.53. The summed E-state index contributed by atoms with van der Waals surface area (Å²) < 4.78 is 12.1. The molecular weight excluding hydrogens is 346 g/mol. The molecule has 1 fully saturated rings. The van der Waals surface area contributed by atoms with Gasteiger partial charge in [0.25, 0.3) is 0 Å². The molecule has 5 rings (SSSR count). The normalized spacial score (nSPS) is 20.9. The second kappa shape index (κ2) is 7.33. The number of ether oxygens (including phenoxy) is 2. The molecule has 3 nitrogen and oxygen atoms in total. The number of hydrogen-bond acceptors (Lipinski definition) is 3. The molecule has 28 heavy (non-hydrogen) atoms. The van der Waals surface area contributed by atoms with Crippen LogP contribution >= 0.6 is 0 Å². The zero-order valence-corrected chi connectivity index (χ0v) is 16.0. The molecule has 0 bridgehead atoms. The van der Waals surface area contributed by atoms with E-state index in [2.05, 4.69) is 65.6 Å². The zero-order chi connectivity index (χ0) is 18.8. The van der Waals surface area contributed by atoms with Crippen LogP contribution in [0.5, 0.6) is 11.5 Å². The second-order valence-electron chi connectivity index (χ2n) is 7.95. The summed E-state index contributed by atoms with van der Waals surface area (Å²) in [6.45, 7) is 4.53. The predicted octanol–water partition coefficient (Wildman–Crippen LogP) is 4.80. The van der Waals surface area contributed by atoms with Gasteiger partial charge in [-0.15, -0.1) is 0 Å². The molecule has 1 atom stereocenters. The molecule has 3 aromatic carbocycles. The van der Waals surface area contributed by atoms with E-state index >= 15 is 0 Å². The molecule has 1 spiro atoms. The van der Waals surface area contributed by atoms with E-state index in [1.807, 2.05) is 18.2 Å². The van der Waals surface area contributed by atoms with Crippen LogP contribution in [0.4, 0.5) is 0 Å². The van der Waals surface area contributed by atoms with Crippen LogP contribution in [0.25, 0.3) is 0 Å². The standard InChI is InChI=1S/C25H25NO2/c1-3-7-20(8-4-1)16-26-14-13-25(18-26)19-28-24-15-22(11-12-23(24)25)27-17-21-9-5-2-6-10-21/h1-12,15H,13-14,16-19H2. The highest BCUT2D eigenvalue weighted by Gasteiger charge is 2.45. The van der Waals surface area contributed by atoms with E-state index < -0.39 is 0 Å². The molecule has 1 unspecified atom stereocenters. The lowest BCUT2D eigenvalue weighted by molar-refractivity contribution is 0.247. The molecule has 0 N–H and O–H groups in total. The first-order valence-electron chi connectivity index (χ1n) is 10.0. The van der Waals surface area contributed by atoms with Crippen LogP contribution in [0.1, 0.15) is 23.1 Å². The van der Waals surface area contributed by atoms with Gasteiger partial charge < -0.3 is 9.47 Å². The topological polar surface area (TPSA) is 21.7 Å². The second-order valence-corrected chi connectivity index (χ2v) is 7.95. The lowest BCUT2D eigenvalue weighted by Gasteiger charge is -2.23. The van der Waals surface area contributed by atoms with E-state index in [9.17, 15) is 0 Å². The number of rotatable bonds is 5. The van der Waals surface area contributed by atoms with Crippen molar-refractivity contribution in [3.8, 4) is 11.5 Å². The Morgan fingerprint density at radius 1 is 0.893 bits per heavy atom. The molecule has 3 aromatic rings. The first-order chi connectivity index (χ1) is 13.8. The zero-order valence-electron chi connectivity index (χ0n) is 16.0.